The molecular formula is C12H22N2O3. The third-order valence-corrected chi connectivity index (χ3v) is 3.00. The minimum Gasteiger partial charge on any atom is -0.468 e. The van der Waals surface area contributed by atoms with Gasteiger partial charge in [-0.1, -0.05) is 6.92 Å². The SMILES string of the molecule is CCCN(CC(=O)OC)C(=O)[C@H]1CCCNC1. The van der Waals surface area contributed by atoms with Crippen LogP contribution in [0.4, 0.5) is 0 Å². The first-order chi connectivity index (χ1) is 8.19. The monoisotopic (exact) mass is 242 g/mol. The van der Waals surface area contributed by atoms with E-state index in [1.54, 1.807) is 4.90 Å². The molecule has 0 bridgehead atoms. The summed E-state index contributed by atoms with van der Waals surface area (Å²) in [7, 11) is 1.35. The second-order valence-corrected chi connectivity index (χ2v) is 4.38. The van der Waals surface area contributed by atoms with Crippen molar-refractivity contribution in [2.75, 3.05) is 33.3 Å². The predicted molar refractivity (Wildman–Crippen MR) is 64.5 cm³/mol. The standard InChI is InChI=1S/C12H22N2O3/c1-3-7-14(9-11(15)17-2)12(16)10-5-4-6-13-8-10/h10,13H,3-9H2,1-2H3/t10-/m0/s1. The van der Waals surface area contributed by atoms with Crippen molar-refractivity contribution in [3.63, 3.8) is 0 Å². The maximum absolute atomic E-state index is 12.2. The Morgan fingerprint density at radius 2 is 2.24 bits per heavy atom. The predicted octanol–water partition coefficient (Wildman–Crippen LogP) is 0.398. The molecule has 98 valence electrons. The van der Waals surface area contributed by atoms with Crippen molar-refractivity contribution in [2.24, 2.45) is 5.92 Å². The van der Waals surface area contributed by atoms with Gasteiger partial charge in [0, 0.05) is 13.1 Å². The molecule has 17 heavy (non-hydrogen) atoms. The molecule has 0 aromatic carbocycles. The average Bonchev–Trinajstić information content (AvgIpc) is 2.38. The number of carbonyl (C=O) groups is 2. The molecule has 1 aliphatic heterocycles. The van der Waals surface area contributed by atoms with Gasteiger partial charge in [0.1, 0.15) is 6.54 Å². The Morgan fingerprint density at radius 1 is 1.47 bits per heavy atom. The summed E-state index contributed by atoms with van der Waals surface area (Å²) in [6.45, 7) is 4.38. The average molecular weight is 242 g/mol. The van der Waals surface area contributed by atoms with E-state index in [9.17, 15) is 9.59 Å². The highest BCUT2D eigenvalue weighted by atomic mass is 16.5. The van der Waals surface area contributed by atoms with E-state index in [0.717, 1.165) is 32.4 Å². The number of amides is 1. The zero-order valence-electron chi connectivity index (χ0n) is 10.7. The van der Waals surface area contributed by atoms with Crippen LogP contribution in [-0.2, 0) is 14.3 Å². The fraction of sp³-hybridized carbons (Fsp3) is 0.833. The van der Waals surface area contributed by atoms with E-state index >= 15 is 0 Å². The molecule has 1 fully saturated rings. The summed E-state index contributed by atoms with van der Waals surface area (Å²) in [6, 6.07) is 0. The Morgan fingerprint density at radius 3 is 2.76 bits per heavy atom. The van der Waals surface area contributed by atoms with Gasteiger partial charge in [0.2, 0.25) is 5.91 Å². The summed E-state index contributed by atoms with van der Waals surface area (Å²) in [5.41, 5.74) is 0. The molecule has 1 atom stereocenters. The van der Waals surface area contributed by atoms with Crippen molar-refractivity contribution < 1.29 is 14.3 Å². The summed E-state index contributed by atoms with van der Waals surface area (Å²) in [6.07, 6.45) is 2.78. The molecule has 1 rings (SSSR count). The number of carbonyl (C=O) groups excluding carboxylic acids is 2. The highest BCUT2D eigenvalue weighted by Crippen LogP contribution is 2.13. The van der Waals surface area contributed by atoms with Crippen LogP contribution in [0.5, 0.6) is 0 Å². The molecule has 5 heteroatoms. The summed E-state index contributed by atoms with van der Waals surface area (Å²) in [5.74, 6) is -0.264. The van der Waals surface area contributed by atoms with E-state index in [4.69, 9.17) is 0 Å². The van der Waals surface area contributed by atoms with E-state index in [-0.39, 0.29) is 24.3 Å². The van der Waals surface area contributed by atoms with Crippen molar-refractivity contribution in [1.82, 2.24) is 10.2 Å². The first-order valence-corrected chi connectivity index (χ1v) is 6.25. The van der Waals surface area contributed by atoms with Crippen molar-refractivity contribution >= 4 is 11.9 Å². The first-order valence-electron chi connectivity index (χ1n) is 6.25. The largest absolute Gasteiger partial charge is 0.468 e. The van der Waals surface area contributed by atoms with Crippen molar-refractivity contribution in [2.45, 2.75) is 26.2 Å². The van der Waals surface area contributed by atoms with E-state index in [1.807, 2.05) is 6.92 Å². The van der Waals surface area contributed by atoms with Gasteiger partial charge < -0.3 is 15.0 Å². The Balaban J connectivity index is 2.55. The summed E-state index contributed by atoms with van der Waals surface area (Å²) >= 11 is 0. The lowest BCUT2D eigenvalue weighted by atomic mass is 9.98. The van der Waals surface area contributed by atoms with Gasteiger partial charge in [-0.05, 0) is 25.8 Å². The van der Waals surface area contributed by atoms with Crippen LogP contribution in [0.25, 0.3) is 0 Å². The fourth-order valence-corrected chi connectivity index (χ4v) is 2.08. The van der Waals surface area contributed by atoms with Crippen LogP contribution in [0.15, 0.2) is 0 Å². The van der Waals surface area contributed by atoms with Crippen LogP contribution in [0.2, 0.25) is 0 Å². The smallest absolute Gasteiger partial charge is 0.325 e. The minimum absolute atomic E-state index is 0.0138. The van der Waals surface area contributed by atoms with Gasteiger partial charge in [-0.3, -0.25) is 9.59 Å². The molecule has 0 radical (unpaired) electrons. The van der Waals surface area contributed by atoms with Gasteiger partial charge >= 0.3 is 5.97 Å². The molecule has 0 unspecified atom stereocenters. The Labute approximate surface area is 102 Å². The molecule has 1 N–H and O–H groups in total. The molecule has 1 heterocycles. The number of rotatable bonds is 5. The minimum atomic E-state index is -0.351. The maximum atomic E-state index is 12.2. The quantitative estimate of drug-likeness (QED) is 0.709. The van der Waals surface area contributed by atoms with Crippen LogP contribution in [0.3, 0.4) is 0 Å². The van der Waals surface area contributed by atoms with Crippen LogP contribution in [0, 0.1) is 5.92 Å². The molecule has 0 spiro atoms. The number of methoxy groups -OCH3 is 1. The number of esters is 1. The topological polar surface area (TPSA) is 58.6 Å². The number of hydrogen-bond donors (Lipinski definition) is 1. The normalized spacial score (nSPS) is 19.8. The Bertz CT molecular complexity index is 262. The maximum Gasteiger partial charge on any atom is 0.325 e. The van der Waals surface area contributed by atoms with E-state index in [1.165, 1.54) is 7.11 Å². The molecule has 1 aliphatic rings. The Hall–Kier alpha value is -1.10. The Kier molecular flexibility index (Phi) is 5.97. The number of nitrogens with one attached hydrogen (secondary N) is 1. The number of ether oxygens (including phenoxy) is 1. The van der Waals surface area contributed by atoms with Crippen molar-refractivity contribution in [3.05, 3.63) is 0 Å². The second kappa shape index (κ2) is 7.27. The lowest BCUT2D eigenvalue weighted by Crippen LogP contribution is -2.45. The number of nitrogens with zero attached hydrogens (tertiary/aromatic N) is 1. The van der Waals surface area contributed by atoms with Gasteiger partial charge in [0.05, 0.1) is 13.0 Å². The lowest BCUT2D eigenvalue weighted by molar-refractivity contribution is -0.148. The van der Waals surface area contributed by atoms with Gasteiger partial charge in [-0.15, -0.1) is 0 Å². The van der Waals surface area contributed by atoms with E-state index < -0.39 is 0 Å². The third kappa shape index (κ3) is 4.34. The van der Waals surface area contributed by atoms with Crippen LogP contribution in [0.1, 0.15) is 26.2 Å². The van der Waals surface area contributed by atoms with E-state index in [0.29, 0.717) is 6.54 Å². The van der Waals surface area contributed by atoms with Crippen molar-refractivity contribution in [1.29, 1.82) is 0 Å². The molecule has 5 nitrogen and oxygen atoms in total. The molecule has 0 saturated carbocycles. The summed E-state index contributed by atoms with van der Waals surface area (Å²) in [5, 5.41) is 3.22. The molecule has 0 aromatic heterocycles. The highest BCUT2D eigenvalue weighted by molar-refractivity contribution is 5.83. The summed E-state index contributed by atoms with van der Waals surface area (Å²) in [4.78, 5) is 25.1. The summed E-state index contributed by atoms with van der Waals surface area (Å²) < 4.78 is 4.62. The molecule has 1 saturated heterocycles. The first kappa shape index (κ1) is 14.0. The number of piperidine rings is 1. The second-order valence-electron chi connectivity index (χ2n) is 4.38. The van der Waals surface area contributed by atoms with E-state index in [2.05, 4.69) is 10.1 Å². The van der Waals surface area contributed by atoms with Crippen LogP contribution < -0.4 is 5.32 Å². The molecule has 0 aromatic rings. The molecule has 1 amide bonds. The van der Waals surface area contributed by atoms with Gasteiger partial charge in [-0.2, -0.15) is 0 Å². The fourth-order valence-electron chi connectivity index (χ4n) is 2.08. The third-order valence-electron chi connectivity index (χ3n) is 3.00. The number of hydrogen-bond acceptors (Lipinski definition) is 4. The van der Waals surface area contributed by atoms with Crippen LogP contribution >= 0.6 is 0 Å². The van der Waals surface area contributed by atoms with Crippen molar-refractivity contribution in [3.8, 4) is 0 Å². The molecular weight excluding hydrogens is 220 g/mol. The lowest BCUT2D eigenvalue weighted by Gasteiger charge is -2.28. The highest BCUT2D eigenvalue weighted by Gasteiger charge is 2.26. The van der Waals surface area contributed by atoms with Gasteiger partial charge in [0.25, 0.3) is 0 Å². The van der Waals surface area contributed by atoms with Crippen LogP contribution in [-0.4, -0.2) is 50.1 Å². The zero-order valence-corrected chi connectivity index (χ0v) is 10.7. The van der Waals surface area contributed by atoms with Gasteiger partial charge in [-0.25, -0.2) is 0 Å². The zero-order chi connectivity index (χ0) is 12.7. The van der Waals surface area contributed by atoms with Gasteiger partial charge in [0.15, 0.2) is 0 Å². The molecule has 0 aliphatic carbocycles.